The van der Waals surface area contributed by atoms with E-state index < -0.39 is 5.37 Å². The van der Waals surface area contributed by atoms with Crippen molar-refractivity contribution in [1.29, 1.82) is 0 Å². The minimum atomic E-state index is -0.401. The summed E-state index contributed by atoms with van der Waals surface area (Å²) in [6, 6.07) is 8.59. The molecule has 0 unspecified atom stereocenters. The average Bonchev–Trinajstić information content (AvgIpc) is 2.26. The molecule has 0 aromatic heterocycles. The number of likely N-dealkylation sites (N-methyl/N-ethyl adjacent to an activating group) is 1. The van der Waals surface area contributed by atoms with E-state index in [1.807, 2.05) is 0 Å². The van der Waals surface area contributed by atoms with Crippen LogP contribution in [0.15, 0.2) is 24.3 Å². The molecule has 0 aliphatic heterocycles. The van der Waals surface area contributed by atoms with Gasteiger partial charge in [-0.05, 0) is 41.5 Å². The van der Waals surface area contributed by atoms with Crippen LogP contribution in [0.3, 0.4) is 0 Å². The molecule has 0 fully saturated rings. The lowest BCUT2D eigenvalue weighted by Crippen LogP contribution is -2.23. The molecule has 1 aromatic rings. The number of carbonyl (C=O) groups is 1. The third kappa shape index (κ3) is 5.22. The summed E-state index contributed by atoms with van der Waals surface area (Å²) in [5, 5.41) is -0.401. The van der Waals surface area contributed by atoms with Crippen molar-refractivity contribution >= 4 is 17.0 Å². The van der Waals surface area contributed by atoms with Gasteiger partial charge in [-0.2, -0.15) is 0 Å². The molecule has 0 bridgehead atoms. The largest absolute Gasteiger partial charge is 0.332 e. The minimum Gasteiger partial charge on any atom is -0.332 e. The van der Waals surface area contributed by atoms with Crippen molar-refractivity contribution in [3.05, 3.63) is 35.4 Å². The number of amides is 1. The Morgan fingerprint density at radius 1 is 1.24 bits per heavy atom. The number of hydrogen-bond donors (Lipinski definition) is 0. The summed E-state index contributed by atoms with van der Waals surface area (Å²) in [6.45, 7) is 5.09. The maximum Gasteiger partial charge on any atom is 0.316 e. The van der Waals surface area contributed by atoms with Crippen LogP contribution < -0.4 is 0 Å². The normalized spacial score (nSPS) is 10.6. The second-order valence-electron chi connectivity index (χ2n) is 4.84. The first-order valence-corrected chi connectivity index (χ1v) is 6.35. The molecule has 0 aliphatic rings. The Balaban J connectivity index is 2.48. The van der Waals surface area contributed by atoms with E-state index in [1.54, 1.807) is 7.05 Å². The van der Waals surface area contributed by atoms with Crippen LogP contribution >= 0.6 is 11.6 Å². The van der Waals surface area contributed by atoms with Crippen molar-refractivity contribution in [3.8, 4) is 0 Å². The Hall–Kier alpha value is -1.02. The quantitative estimate of drug-likeness (QED) is 0.579. The Morgan fingerprint density at radius 3 is 2.24 bits per heavy atom. The van der Waals surface area contributed by atoms with Crippen LogP contribution in [0.1, 0.15) is 25.0 Å². The molecular weight excluding hydrogens is 234 g/mol. The van der Waals surface area contributed by atoms with Gasteiger partial charge in [0.25, 0.3) is 0 Å². The second kappa shape index (κ2) is 6.65. The number of carbonyl (C=O) groups excluding carboxylic acids is 1. The van der Waals surface area contributed by atoms with Crippen LogP contribution in [0.2, 0.25) is 0 Å². The Morgan fingerprint density at radius 2 is 1.76 bits per heavy atom. The van der Waals surface area contributed by atoms with E-state index in [4.69, 9.17) is 11.6 Å². The standard InChI is InChI=1S/C14H20ClNO/c1-11(2)10-13-6-4-12(5-7-13)8-9-16(3)14(15)17/h4-7,11H,8-10H2,1-3H3. The van der Waals surface area contributed by atoms with Gasteiger partial charge in [0.05, 0.1) is 0 Å². The van der Waals surface area contributed by atoms with Gasteiger partial charge in [-0.3, -0.25) is 4.79 Å². The smallest absolute Gasteiger partial charge is 0.316 e. The lowest BCUT2D eigenvalue weighted by atomic mass is 10.0. The lowest BCUT2D eigenvalue weighted by molar-refractivity contribution is 0.232. The van der Waals surface area contributed by atoms with Crippen molar-refractivity contribution in [2.75, 3.05) is 13.6 Å². The number of benzene rings is 1. The number of hydrogen-bond acceptors (Lipinski definition) is 1. The fraction of sp³-hybridized carbons (Fsp3) is 0.500. The van der Waals surface area contributed by atoms with E-state index in [0.717, 1.165) is 12.8 Å². The minimum absolute atomic E-state index is 0.401. The molecule has 0 radical (unpaired) electrons. The Kier molecular flexibility index (Phi) is 5.49. The van der Waals surface area contributed by atoms with Crippen LogP contribution in [0, 0.1) is 5.92 Å². The predicted molar refractivity (Wildman–Crippen MR) is 72.6 cm³/mol. The van der Waals surface area contributed by atoms with Gasteiger partial charge in [0, 0.05) is 13.6 Å². The van der Waals surface area contributed by atoms with Gasteiger partial charge in [0.2, 0.25) is 0 Å². The molecule has 1 amide bonds. The second-order valence-corrected chi connectivity index (χ2v) is 5.16. The van der Waals surface area contributed by atoms with Crippen LogP contribution in [-0.4, -0.2) is 23.9 Å². The SMILES string of the molecule is CC(C)Cc1ccc(CCN(C)C(=O)Cl)cc1. The molecular formula is C14H20ClNO. The molecule has 17 heavy (non-hydrogen) atoms. The highest BCUT2D eigenvalue weighted by Gasteiger charge is 2.04. The molecule has 2 nitrogen and oxygen atoms in total. The first kappa shape index (κ1) is 14.0. The van der Waals surface area contributed by atoms with Crippen molar-refractivity contribution < 1.29 is 4.79 Å². The van der Waals surface area contributed by atoms with Crippen molar-refractivity contribution in [2.24, 2.45) is 5.92 Å². The summed E-state index contributed by atoms with van der Waals surface area (Å²) in [7, 11) is 1.71. The Labute approximate surface area is 109 Å². The molecule has 1 aromatic carbocycles. The maximum absolute atomic E-state index is 10.8. The van der Waals surface area contributed by atoms with Gasteiger partial charge >= 0.3 is 5.37 Å². The number of nitrogens with zero attached hydrogens (tertiary/aromatic N) is 1. The van der Waals surface area contributed by atoms with Crippen molar-refractivity contribution in [3.63, 3.8) is 0 Å². The highest BCUT2D eigenvalue weighted by molar-refractivity contribution is 6.62. The van der Waals surface area contributed by atoms with Gasteiger partial charge < -0.3 is 4.90 Å². The van der Waals surface area contributed by atoms with E-state index in [2.05, 4.69) is 38.1 Å². The van der Waals surface area contributed by atoms with Gasteiger partial charge in [-0.25, -0.2) is 0 Å². The van der Waals surface area contributed by atoms with Crippen LogP contribution in [0.4, 0.5) is 4.79 Å². The van der Waals surface area contributed by atoms with E-state index >= 15 is 0 Å². The fourth-order valence-corrected chi connectivity index (χ4v) is 1.78. The maximum atomic E-state index is 10.8. The summed E-state index contributed by atoms with van der Waals surface area (Å²) in [5.41, 5.74) is 2.60. The average molecular weight is 254 g/mol. The van der Waals surface area contributed by atoms with Gasteiger partial charge in [-0.15, -0.1) is 0 Å². The summed E-state index contributed by atoms with van der Waals surface area (Å²) in [5.74, 6) is 0.681. The highest BCUT2D eigenvalue weighted by Crippen LogP contribution is 2.10. The zero-order valence-electron chi connectivity index (χ0n) is 10.7. The van der Waals surface area contributed by atoms with Gasteiger partial charge in [-0.1, -0.05) is 38.1 Å². The summed E-state index contributed by atoms with van der Waals surface area (Å²) >= 11 is 5.36. The molecule has 94 valence electrons. The number of rotatable bonds is 5. The van der Waals surface area contributed by atoms with Crippen LogP contribution in [-0.2, 0) is 12.8 Å². The zero-order chi connectivity index (χ0) is 12.8. The van der Waals surface area contributed by atoms with Crippen LogP contribution in [0.5, 0.6) is 0 Å². The molecule has 0 spiro atoms. The molecule has 0 heterocycles. The first-order valence-electron chi connectivity index (χ1n) is 5.97. The number of halogens is 1. The van der Waals surface area contributed by atoms with E-state index in [-0.39, 0.29) is 0 Å². The Bertz CT molecular complexity index is 359. The van der Waals surface area contributed by atoms with E-state index in [1.165, 1.54) is 16.0 Å². The van der Waals surface area contributed by atoms with Crippen molar-refractivity contribution in [1.82, 2.24) is 4.90 Å². The molecule has 0 saturated heterocycles. The molecule has 0 saturated carbocycles. The summed E-state index contributed by atoms with van der Waals surface area (Å²) < 4.78 is 0. The van der Waals surface area contributed by atoms with Crippen LogP contribution in [0.25, 0.3) is 0 Å². The fourth-order valence-electron chi connectivity index (χ4n) is 1.70. The summed E-state index contributed by atoms with van der Waals surface area (Å²) in [6.07, 6.45) is 1.96. The van der Waals surface area contributed by atoms with Gasteiger partial charge in [0.1, 0.15) is 0 Å². The monoisotopic (exact) mass is 253 g/mol. The lowest BCUT2D eigenvalue weighted by Gasteiger charge is -2.13. The summed E-state index contributed by atoms with van der Waals surface area (Å²) in [4.78, 5) is 12.3. The van der Waals surface area contributed by atoms with E-state index in [0.29, 0.717) is 12.5 Å². The van der Waals surface area contributed by atoms with E-state index in [9.17, 15) is 4.79 Å². The van der Waals surface area contributed by atoms with Gasteiger partial charge in [0.15, 0.2) is 0 Å². The molecule has 0 atom stereocenters. The van der Waals surface area contributed by atoms with Crippen molar-refractivity contribution in [2.45, 2.75) is 26.7 Å². The molecule has 3 heteroatoms. The molecule has 0 aliphatic carbocycles. The zero-order valence-corrected chi connectivity index (χ0v) is 11.5. The third-order valence-corrected chi connectivity index (χ3v) is 2.99. The molecule has 1 rings (SSSR count). The first-order chi connectivity index (χ1) is 7.99. The highest BCUT2D eigenvalue weighted by atomic mass is 35.5. The predicted octanol–water partition coefficient (Wildman–Crippen LogP) is 3.72. The topological polar surface area (TPSA) is 20.3 Å². The molecule has 0 N–H and O–H groups in total. The third-order valence-electron chi connectivity index (χ3n) is 2.70.